The molecule has 6 heteroatoms. The van der Waals surface area contributed by atoms with Gasteiger partial charge in [-0.2, -0.15) is 0 Å². The fourth-order valence-electron chi connectivity index (χ4n) is 1.86. The van der Waals surface area contributed by atoms with Crippen molar-refractivity contribution in [3.05, 3.63) is 34.2 Å². The number of hydrogen-bond acceptors (Lipinski definition) is 3. The van der Waals surface area contributed by atoms with Crippen LogP contribution in [-0.2, 0) is 11.3 Å². The summed E-state index contributed by atoms with van der Waals surface area (Å²) < 4.78 is 0. The summed E-state index contributed by atoms with van der Waals surface area (Å²) in [5, 5.41) is 11.9. The molecule has 4 N–H and O–H groups in total. The zero-order valence-corrected chi connectivity index (χ0v) is 10.7. The number of nitrogens with one attached hydrogen (secondary N) is 3. The van der Waals surface area contributed by atoms with Crippen molar-refractivity contribution in [3.8, 4) is 0 Å². The lowest BCUT2D eigenvalue weighted by Gasteiger charge is -2.07. The van der Waals surface area contributed by atoms with Crippen LogP contribution in [0.1, 0.15) is 18.9 Å². The number of rotatable bonds is 6. The van der Waals surface area contributed by atoms with Gasteiger partial charge < -0.3 is 20.4 Å². The van der Waals surface area contributed by atoms with Crippen LogP contribution in [0.2, 0.25) is 0 Å². The third kappa shape index (κ3) is 3.45. The molecule has 1 atom stereocenters. The summed E-state index contributed by atoms with van der Waals surface area (Å²) in [6.07, 6.45) is 0.596. The van der Waals surface area contributed by atoms with E-state index in [2.05, 4.69) is 15.3 Å². The van der Waals surface area contributed by atoms with E-state index >= 15 is 0 Å². The molecule has 0 bridgehead atoms. The molecule has 0 radical (unpaired) electrons. The number of H-pyrrole nitrogens is 2. The maximum atomic E-state index is 11.1. The van der Waals surface area contributed by atoms with Crippen molar-refractivity contribution in [1.29, 1.82) is 0 Å². The van der Waals surface area contributed by atoms with Gasteiger partial charge in [-0.1, -0.05) is 13.0 Å². The fourth-order valence-corrected chi connectivity index (χ4v) is 1.86. The highest BCUT2D eigenvalue weighted by atomic mass is 16.4. The highest BCUT2D eigenvalue weighted by Gasteiger charge is 2.09. The summed E-state index contributed by atoms with van der Waals surface area (Å²) in [6, 6.07) is 5.69. The Hall–Kier alpha value is -2.08. The van der Waals surface area contributed by atoms with Crippen LogP contribution in [0, 0.1) is 5.92 Å². The van der Waals surface area contributed by atoms with Crippen LogP contribution in [0.3, 0.4) is 0 Å². The van der Waals surface area contributed by atoms with E-state index < -0.39 is 5.97 Å². The van der Waals surface area contributed by atoms with Gasteiger partial charge in [0.1, 0.15) is 0 Å². The Bertz CT molecular complexity index is 629. The summed E-state index contributed by atoms with van der Waals surface area (Å²) >= 11 is 0. The Morgan fingerprint density at radius 2 is 2.11 bits per heavy atom. The molecule has 0 aliphatic heterocycles. The average molecular weight is 263 g/mol. The minimum atomic E-state index is -0.770. The van der Waals surface area contributed by atoms with E-state index in [0.29, 0.717) is 19.5 Å². The summed E-state index contributed by atoms with van der Waals surface area (Å²) in [5.41, 5.74) is 2.40. The van der Waals surface area contributed by atoms with Crippen molar-refractivity contribution in [1.82, 2.24) is 15.3 Å². The Morgan fingerprint density at radius 3 is 2.84 bits per heavy atom. The number of aromatic amines is 2. The predicted octanol–water partition coefficient (Wildman–Crippen LogP) is 1.06. The van der Waals surface area contributed by atoms with Gasteiger partial charge in [-0.3, -0.25) is 4.79 Å². The maximum Gasteiger partial charge on any atom is 0.323 e. The first-order chi connectivity index (χ1) is 9.06. The lowest BCUT2D eigenvalue weighted by molar-refractivity contribution is -0.141. The molecule has 19 heavy (non-hydrogen) atoms. The topological polar surface area (TPSA) is 98.0 Å². The minimum Gasteiger partial charge on any atom is -0.481 e. The molecule has 102 valence electrons. The van der Waals surface area contributed by atoms with Crippen LogP contribution in [-0.4, -0.2) is 27.6 Å². The zero-order chi connectivity index (χ0) is 13.8. The van der Waals surface area contributed by atoms with Crippen molar-refractivity contribution in [2.45, 2.75) is 19.9 Å². The summed E-state index contributed by atoms with van der Waals surface area (Å²) in [6.45, 7) is 2.99. The molecule has 1 aromatic heterocycles. The van der Waals surface area contributed by atoms with E-state index in [4.69, 9.17) is 5.11 Å². The fraction of sp³-hybridized carbons (Fsp3) is 0.385. The molecule has 0 aliphatic carbocycles. The van der Waals surface area contributed by atoms with Crippen molar-refractivity contribution >= 4 is 17.0 Å². The maximum absolute atomic E-state index is 11.1. The molecule has 0 aliphatic rings. The van der Waals surface area contributed by atoms with Crippen LogP contribution < -0.4 is 11.0 Å². The quantitative estimate of drug-likeness (QED) is 0.586. The molecule has 0 fully saturated rings. The molecule has 6 nitrogen and oxygen atoms in total. The van der Waals surface area contributed by atoms with Gasteiger partial charge >= 0.3 is 11.7 Å². The van der Waals surface area contributed by atoms with Gasteiger partial charge in [0, 0.05) is 6.54 Å². The van der Waals surface area contributed by atoms with Gasteiger partial charge in [0.15, 0.2) is 0 Å². The van der Waals surface area contributed by atoms with E-state index in [-0.39, 0.29) is 11.6 Å². The normalized spacial score (nSPS) is 12.7. The van der Waals surface area contributed by atoms with E-state index in [0.717, 1.165) is 16.6 Å². The van der Waals surface area contributed by atoms with Crippen molar-refractivity contribution in [3.63, 3.8) is 0 Å². The molecule has 1 unspecified atom stereocenters. The Balaban J connectivity index is 1.88. The van der Waals surface area contributed by atoms with Crippen LogP contribution in [0.15, 0.2) is 23.0 Å². The first kappa shape index (κ1) is 13.4. The molecule has 0 saturated carbocycles. The second-order valence-corrected chi connectivity index (χ2v) is 4.66. The Morgan fingerprint density at radius 1 is 1.37 bits per heavy atom. The number of imidazole rings is 1. The van der Waals surface area contributed by atoms with Crippen LogP contribution >= 0.6 is 0 Å². The smallest absolute Gasteiger partial charge is 0.323 e. The lowest BCUT2D eigenvalue weighted by atomic mass is 10.1. The van der Waals surface area contributed by atoms with E-state index in [1.165, 1.54) is 0 Å². The van der Waals surface area contributed by atoms with Gasteiger partial charge in [0.2, 0.25) is 0 Å². The summed E-state index contributed by atoms with van der Waals surface area (Å²) in [4.78, 5) is 27.2. The van der Waals surface area contributed by atoms with Crippen LogP contribution in [0.25, 0.3) is 11.0 Å². The number of benzene rings is 1. The molecular formula is C13H17N3O3. The Kier molecular flexibility index (Phi) is 4.01. The van der Waals surface area contributed by atoms with Gasteiger partial charge in [-0.25, -0.2) is 4.79 Å². The molecule has 1 aromatic carbocycles. The first-order valence-electron chi connectivity index (χ1n) is 6.20. The molecule has 0 amide bonds. The predicted molar refractivity (Wildman–Crippen MR) is 72.0 cm³/mol. The monoisotopic (exact) mass is 263 g/mol. The van der Waals surface area contributed by atoms with E-state index in [1.54, 1.807) is 6.92 Å². The highest BCUT2D eigenvalue weighted by molar-refractivity contribution is 5.75. The largest absolute Gasteiger partial charge is 0.481 e. The molecule has 2 rings (SSSR count). The third-order valence-corrected chi connectivity index (χ3v) is 3.09. The lowest BCUT2D eigenvalue weighted by Crippen LogP contribution is -2.20. The average Bonchev–Trinajstić information content (AvgIpc) is 2.73. The minimum absolute atomic E-state index is 0.213. The second kappa shape index (κ2) is 5.71. The molecule has 1 heterocycles. The molecular weight excluding hydrogens is 246 g/mol. The van der Waals surface area contributed by atoms with Gasteiger partial charge in [0.05, 0.1) is 17.0 Å². The van der Waals surface area contributed by atoms with Crippen molar-refractivity contribution in [2.75, 3.05) is 6.54 Å². The zero-order valence-electron chi connectivity index (χ0n) is 10.7. The number of aliphatic carboxylic acids is 1. The molecule has 0 saturated heterocycles. The molecule has 2 aromatic rings. The number of aromatic nitrogens is 2. The third-order valence-electron chi connectivity index (χ3n) is 3.09. The van der Waals surface area contributed by atoms with Crippen molar-refractivity contribution in [2.24, 2.45) is 5.92 Å². The first-order valence-corrected chi connectivity index (χ1v) is 6.20. The van der Waals surface area contributed by atoms with E-state index in [1.807, 2.05) is 18.2 Å². The number of carboxylic acids is 1. The second-order valence-electron chi connectivity index (χ2n) is 4.66. The van der Waals surface area contributed by atoms with Crippen molar-refractivity contribution < 1.29 is 9.90 Å². The SMILES string of the molecule is CC(CCNCc1ccc2[nH]c(=O)[nH]c2c1)C(=O)O. The van der Waals surface area contributed by atoms with E-state index in [9.17, 15) is 9.59 Å². The summed E-state index contributed by atoms with van der Waals surface area (Å²) in [5.74, 6) is -1.11. The summed E-state index contributed by atoms with van der Waals surface area (Å²) in [7, 11) is 0. The van der Waals surface area contributed by atoms with Gasteiger partial charge in [0.25, 0.3) is 0 Å². The van der Waals surface area contributed by atoms with Gasteiger partial charge in [-0.15, -0.1) is 0 Å². The number of carboxylic acid groups (broad SMARTS) is 1. The molecule has 0 spiro atoms. The van der Waals surface area contributed by atoms with Crippen LogP contribution in [0.5, 0.6) is 0 Å². The standard InChI is InChI=1S/C13H17N3O3/c1-8(12(17)18)4-5-14-7-9-2-3-10-11(6-9)16-13(19)15-10/h2-3,6,8,14H,4-5,7H2,1H3,(H,17,18)(H2,15,16,19). The highest BCUT2D eigenvalue weighted by Crippen LogP contribution is 2.10. The number of hydrogen-bond donors (Lipinski definition) is 4. The Labute approximate surface area is 109 Å². The van der Waals surface area contributed by atoms with Crippen LogP contribution in [0.4, 0.5) is 0 Å². The van der Waals surface area contributed by atoms with Gasteiger partial charge in [-0.05, 0) is 30.7 Å². The number of fused-ring (bicyclic) bond motifs is 1. The number of carbonyl (C=O) groups is 1.